The van der Waals surface area contributed by atoms with Gasteiger partial charge in [0.2, 0.25) is 0 Å². The number of aryl methyl sites for hydroxylation is 1. The van der Waals surface area contributed by atoms with Crippen molar-refractivity contribution in [2.45, 2.75) is 20.4 Å². The molecule has 0 N–H and O–H groups in total. The zero-order valence-corrected chi connectivity index (χ0v) is 6.26. The lowest BCUT2D eigenvalue weighted by atomic mass is 10.5. The molecule has 1 heterocycles. The van der Waals surface area contributed by atoms with Crippen LogP contribution >= 0.6 is 0 Å². The van der Waals surface area contributed by atoms with E-state index >= 15 is 0 Å². The maximum atomic E-state index is 4.16. The average molecular weight is 134 g/mol. The standard InChI is InChI=1S/C8H10N2/c1-3-4-6-10-7-5-8(2)9-10/h5,7H,6H2,1-2H3. The van der Waals surface area contributed by atoms with Crippen molar-refractivity contribution in [1.29, 1.82) is 0 Å². The van der Waals surface area contributed by atoms with Gasteiger partial charge in [-0.3, -0.25) is 4.68 Å². The molecule has 52 valence electrons. The Hall–Kier alpha value is -1.23. The summed E-state index contributed by atoms with van der Waals surface area (Å²) in [5.41, 5.74) is 1.04. The highest BCUT2D eigenvalue weighted by atomic mass is 15.3. The van der Waals surface area contributed by atoms with Gasteiger partial charge in [0.05, 0.1) is 5.69 Å². The molecule has 0 bridgehead atoms. The Kier molecular flexibility index (Phi) is 2.11. The third-order valence-corrected chi connectivity index (χ3v) is 1.19. The molecule has 1 aromatic heterocycles. The van der Waals surface area contributed by atoms with Crippen molar-refractivity contribution in [3.05, 3.63) is 18.0 Å². The van der Waals surface area contributed by atoms with E-state index in [1.54, 1.807) is 0 Å². The Bertz CT molecular complexity index is 262. The van der Waals surface area contributed by atoms with Gasteiger partial charge in [0.25, 0.3) is 0 Å². The van der Waals surface area contributed by atoms with Crippen LogP contribution in [-0.4, -0.2) is 9.78 Å². The minimum absolute atomic E-state index is 0.699. The van der Waals surface area contributed by atoms with E-state index in [1.807, 2.05) is 30.8 Å². The highest BCUT2D eigenvalue weighted by Crippen LogP contribution is 1.90. The monoisotopic (exact) mass is 134 g/mol. The van der Waals surface area contributed by atoms with Gasteiger partial charge in [0, 0.05) is 6.20 Å². The summed E-state index contributed by atoms with van der Waals surface area (Å²) < 4.78 is 1.83. The van der Waals surface area contributed by atoms with Crippen LogP contribution in [0.5, 0.6) is 0 Å². The summed E-state index contributed by atoms with van der Waals surface area (Å²) in [5, 5.41) is 4.16. The van der Waals surface area contributed by atoms with Gasteiger partial charge in [-0.25, -0.2) is 0 Å². The molecular weight excluding hydrogens is 124 g/mol. The number of rotatable bonds is 1. The lowest BCUT2D eigenvalue weighted by Gasteiger charge is -1.89. The lowest BCUT2D eigenvalue weighted by Crippen LogP contribution is -1.95. The predicted molar refractivity (Wildman–Crippen MR) is 40.4 cm³/mol. The van der Waals surface area contributed by atoms with E-state index in [0.717, 1.165) is 5.69 Å². The van der Waals surface area contributed by atoms with Crippen LogP contribution < -0.4 is 0 Å². The Morgan fingerprint density at radius 2 is 2.50 bits per heavy atom. The molecule has 1 rings (SSSR count). The van der Waals surface area contributed by atoms with E-state index in [0.29, 0.717) is 6.54 Å². The van der Waals surface area contributed by atoms with Crippen LogP contribution in [0.2, 0.25) is 0 Å². The average Bonchev–Trinajstić information content (AvgIpc) is 2.31. The summed E-state index contributed by atoms with van der Waals surface area (Å²) in [6.45, 7) is 4.50. The summed E-state index contributed by atoms with van der Waals surface area (Å²) in [4.78, 5) is 0. The Morgan fingerprint density at radius 3 is 3.00 bits per heavy atom. The van der Waals surface area contributed by atoms with Gasteiger partial charge in [-0.15, -0.1) is 5.92 Å². The van der Waals surface area contributed by atoms with Gasteiger partial charge < -0.3 is 0 Å². The van der Waals surface area contributed by atoms with Gasteiger partial charge >= 0.3 is 0 Å². The third-order valence-electron chi connectivity index (χ3n) is 1.19. The highest BCUT2D eigenvalue weighted by Gasteiger charge is 1.88. The first-order valence-electron chi connectivity index (χ1n) is 3.22. The number of hydrogen-bond acceptors (Lipinski definition) is 1. The summed E-state index contributed by atoms with van der Waals surface area (Å²) in [7, 11) is 0. The fourth-order valence-corrected chi connectivity index (χ4v) is 0.711. The molecule has 2 nitrogen and oxygen atoms in total. The van der Waals surface area contributed by atoms with Gasteiger partial charge in [-0.1, -0.05) is 5.92 Å². The Balaban J connectivity index is 2.64. The van der Waals surface area contributed by atoms with E-state index in [-0.39, 0.29) is 0 Å². The van der Waals surface area contributed by atoms with Crippen molar-refractivity contribution in [2.75, 3.05) is 0 Å². The summed E-state index contributed by atoms with van der Waals surface area (Å²) >= 11 is 0. The van der Waals surface area contributed by atoms with Crippen molar-refractivity contribution in [2.24, 2.45) is 0 Å². The van der Waals surface area contributed by atoms with Crippen LogP contribution in [0.1, 0.15) is 12.6 Å². The third kappa shape index (κ3) is 1.63. The zero-order chi connectivity index (χ0) is 7.40. The number of nitrogens with zero attached hydrogens (tertiary/aromatic N) is 2. The van der Waals surface area contributed by atoms with Crippen molar-refractivity contribution in [3.8, 4) is 11.8 Å². The van der Waals surface area contributed by atoms with Gasteiger partial charge in [0.15, 0.2) is 0 Å². The molecule has 0 aliphatic rings. The van der Waals surface area contributed by atoms with Crippen LogP contribution in [0, 0.1) is 18.8 Å². The minimum Gasteiger partial charge on any atom is -0.260 e. The molecule has 0 amide bonds. The van der Waals surface area contributed by atoms with E-state index in [4.69, 9.17) is 0 Å². The number of aromatic nitrogens is 2. The SMILES string of the molecule is CC#CCn1ccc(C)n1. The Morgan fingerprint density at radius 1 is 1.70 bits per heavy atom. The van der Waals surface area contributed by atoms with E-state index in [2.05, 4.69) is 16.9 Å². The van der Waals surface area contributed by atoms with E-state index in [1.165, 1.54) is 0 Å². The van der Waals surface area contributed by atoms with Gasteiger partial charge in [-0.05, 0) is 19.9 Å². The summed E-state index contributed by atoms with van der Waals surface area (Å²) in [6, 6.07) is 1.97. The van der Waals surface area contributed by atoms with Crippen molar-refractivity contribution >= 4 is 0 Å². The van der Waals surface area contributed by atoms with Crippen molar-refractivity contribution < 1.29 is 0 Å². The largest absolute Gasteiger partial charge is 0.260 e. The number of hydrogen-bond donors (Lipinski definition) is 0. The van der Waals surface area contributed by atoms with Crippen LogP contribution in [0.25, 0.3) is 0 Å². The van der Waals surface area contributed by atoms with Crippen LogP contribution in [0.4, 0.5) is 0 Å². The fraction of sp³-hybridized carbons (Fsp3) is 0.375. The maximum Gasteiger partial charge on any atom is 0.102 e. The molecule has 1 aromatic rings. The first kappa shape index (κ1) is 6.88. The first-order chi connectivity index (χ1) is 4.83. The molecule has 0 radical (unpaired) electrons. The predicted octanol–water partition coefficient (Wildman–Crippen LogP) is 1.21. The molecule has 0 spiro atoms. The molecule has 0 unspecified atom stereocenters. The molecule has 0 atom stereocenters. The van der Waals surface area contributed by atoms with E-state index < -0.39 is 0 Å². The molecule has 0 saturated heterocycles. The second-order valence-electron chi connectivity index (χ2n) is 2.08. The molecule has 2 heteroatoms. The fourth-order valence-electron chi connectivity index (χ4n) is 0.711. The molecule has 0 saturated carbocycles. The molecule has 0 fully saturated rings. The van der Waals surface area contributed by atoms with Crippen molar-refractivity contribution in [1.82, 2.24) is 9.78 Å². The Labute approximate surface area is 60.9 Å². The van der Waals surface area contributed by atoms with Gasteiger partial charge in [0.1, 0.15) is 6.54 Å². The van der Waals surface area contributed by atoms with Gasteiger partial charge in [-0.2, -0.15) is 5.10 Å². The molecular formula is C8H10N2. The quantitative estimate of drug-likeness (QED) is 0.528. The molecule has 0 aliphatic carbocycles. The summed E-state index contributed by atoms with van der Waals surface area (Å²) in [6.07, 6.45) is 1.93. The van der Waals surface area contributed by atoms with E-state index in [9.17, 15) is 0 Å². The second-order valence-corrected chi connectivity index (χ2v) is 2.08. The molecule has 0 aromatic carbocycles. The zero-order valence-electron chi connectivity index (χ0n) is 6.26. The smallest absolute Gasteiger partial charge is 0.102 e. The summed E-state index contributed by atoms with van der Waals surface area (Å²) in [5.74, 6) is 5.74. The minimum atomic E-state index is 0.699. The van der Waals surface area contributed by atoms with Crippen molar-refractivity contribution in [3.63, 3.8) is 0 Å². The topological polar surface area (TPSA) is 17.8 Å². The van der Waals surface area contributed by atoms with Crippen LogP contribution in [0.15, 0.2) is 12.3 Å². The van der Waals surface area contributed by atoms with Crippen LogP contribution in [-0.2, 0) is 6.54 Å². The lowest BCUT2D eigenvalue weighted by molar-refractivity contribution is 0.706. The van der Waals surface area contributed by atoms with Crippen LogP contribution in [0.3, 0.4) is 0 Å². The molecule has 10 heavy (non-hydrogen) atoms. The highest BCUT2D eigenvalue weighted by molar-refractivity contribution is 4.99. The molecule has 0 aliphatic heterocycles. The second kappa shape index (κ2) is 3.07. The maximum absolute atomic E-state index is 4.16. The first-order valence-corrected chi connectivity index (χ1v) is 3.22. The normalized spacial score (nSPS) is 8.60.